The standard InChI is InChI=1S/C22H18N4O2/c1-13-24-10-20(26-13)16-6-7-17-21(8-16)28-11-18(22(17)27)14-2-4-15(5-3-14)19-9-23-12-25-19/h2-10,12,18H,11H2,1H3,(H,23,25)(H,24,26). The summed E-state index contributed by atoms with van der Waals surface area (Å²) in [6, 6.07) is 13.6. The van der Waals surface area contributed by atoms with Crippen molar-refractivity contribution in [1.82, 2.24) is 19.9 Å². The first kappa shape index (κ1) is 16.5. The molecule has 1 atom stereocenters. The SMILES string of the molecule is Cc1ncc(-c2ccc3c(c2)OCC(c2ccc(-c4cnc[nH]4)cc2)C3=O)[nH]1. The molecule has 1 unspecified atom stereocenters. The molecule has 6 nitrogen and oxygen atoms in total. The van der Waals surface area contributed by atoms with Gasteiger partial charge in [-0.15, -0.1) is 0 Å². The van der Waals surface area contributed by atoms with Crippen LogP contribution in [-0.4, -0.2) is 32.3 Å². The van der Waals surface area contributed by atoms with Gasteiger partial charge < -0.3 is 14.7 Å². The van der Waals surface area contributed by atoms with Gasteiger partial charge in [0.2, 0.25) is 0 Å². The first-order chi connectivity index (χ1) is 13.7. The minimum atomic E-state index is -0.302. The number of ketones is 1. The van der Waals surface area contributed by atoms with Crippen LogP contribution in [-0.2, 0) is 0 Å². The Hall–Kier alpha value is -3.67. The van der Waals surface area contributed by atoms with E-state index < -0.39 is 0 Å². The molecular formula is C22H18N4O2. The number of rotatable bonds is 3. The maximum atomic E-state index is 13.1. The van der Waals surface area contributed by atoms with Crippen molar-refractivity contribution in [2.45, 2.75) is 12.8 Å². The molecule has 28 heavy (non-hydrogen) atoms. The van der Waals surface area contributed by atoms with Gasteiger partial charge in [0, 0.05) is 5.56 Å². The summed E-state index contributed by atoms with van der Waals surface area (Å²) in [6.45, 7) is 2.24. The van der Waals surface area contributed by atoms with Crippen molar-refractivity contribution in [3.05, 3.63) is 78.1 Å². The number of carbonyl (C=O) groups is 1. The van der Waals surface area contributed by atoms with Crippen molar-refractivity contribution >= 4 is 5.78 Å². The molecule has 0 aliphatic carbocycles. The Morgan fingerprint density at radius 1 is 1.04 bits per heavy atom. The van der Waals surface area contributed by atoms with Crippen LogP contribution in [0, 0.1) is 6.92 Å². The van der Waals surface area contributed by atoms with E-state index in [1.54, 1.807) is 18.7 Å². The smallest absolute Gasteiger partial charge is 0.177 e. The maximum Gasteiger partial charge on any atom is 0.177 e. The number of fused-ring (bicyclic) bond motifs is 1. The van der Waals surface area contributed by atoms with Gasteiger partial charge in [-0.1, -0.05) is 30.3 Å². The average molecular weight is 370 g/mol. The molecule has 5 rings (SSSR count). The first-order valence-electron chi connectivity index (χ1n) is 9.11. The second kappa shape index (κ2) is 6.49. The van der Waals surface area contributed by atoms with E-state index in [4.69, 9.17) is 4.74 Å². The molecule has 4 aromatic rings. The number of imidazole rings is 2. The summed E-state index contributed by atoms with van der Waals surface area (Å²) >= 11 is 0. The molecule has 0 fully saturated rings. The van der Waals surface area contributed by atoms with Crippen molar-refractivity contribution in [3.63, 3.8) is 0 Å². The number of aryl methyl sites for hydroxylation is 1. The number of hydrogen-bond acceptors (Lipinski definition) is 4. The highest BCUT2D eigenvalue weighted by molar-refractivity contribution is 6.04. The highest BCUT2D eigenvalue weighted by atomic mass is 16.5. The van der Waals surface area contributed by atoms with Crippen LogP contribution in [0.4, 0.5) is 0 Å². The Kier molecular flexibility index (Phi) is 3.83. The van der Waals surface area contributed by atoms with Gasteiger partial charge in [-0.05, 0) is 30.2 Å². The summed E-state index contributed by atoms with van der Waals surface area (Å²) in [6.07, 6.45) is 5.21. The second-order valence-corrected chi connectivity index (χ2v) is 6.91. The molecule has 2 aromatic carbocycles. The van der Waals surface area contributed by atoms with Crippen LogP contribution in [0.15, 0.2) is 61.2 Å². The van der Waals surface area contributed by atoms with E-state index in [9.17, 15) is 4.79 Å². The predicted octanol–water partition coefficient (Wildman–Crippen LogP) is 4.13. The lowest BCUT2D eigenvalue weighted by Crippen LogP contribution is -2.26. The van der Waals surface area contributed by atoms with Gasteiger partial charge >= 0.3 is 0 Å². The van der Waals surface area contributed by atoms with Crippen molar-refractivity contribution in [1.29, 1.82) is 0 Å². The van der Waals surface area contributed by atoms with Gasteiger partial charge in [0.1, 0.15) is 18.2 Å². The van der Waals surface area contributed by atoms with E-state index in [2.05, 4.69) is 19.9 Å². The molecule has 138 valence electrons. The number of ether oxygens (including phenoxy) is 1. The summed E-state index contributed by atoms with van der Waals surface area (Å²) in [4.78, 5) is 27.6. The molecular weight excluding hydrogens is 352 g/mol. The van der Waals surface area contributed by atoms with Gasteiger partial charge in [0.05, 0.1) is 41.6 Å². The molecule has 3 heterocycles. The lowest BCUT2D eigenvalue weighted by atomic mass is 9.88. The molecule has 1 aliphatic heterocycles. The molecule has 0 radical (unpaired) electrons. The van der Waals surface area contributed by atoms with Crippen LogP contribution in [0.2, 0.25) is 0 Å². The third kappa shape index (κ3) is 2.79. The number of benzene rings is 2. The van der Waals surface area contributed by atoms with Crippen molar-refractivity contribution in [2.75, 3.05) is 6.61 Å². The summed E-state index contributed by atoms with van der Waals surface area (Å²) in [7, 11) is 0. The first-order valence-corrected chi connectivity index (χ1v) is 9.11. The Labute approximate surface area is 161 Å². The van der Waals surface area contributed by atoms with Gasteiger partial charge in [-0.2, -0.15) is 0 Å². The van der Waals surface area contributed by atoms with Crippen LogP contribution in [0.25, 0.3) is 22.5 Å². The summed E-state index contributed by atoms with van der Waals surface area (Å²) in [5, 5.41) is 0. The highest BCUT2D eigenvalue weighted by Crippen LogP contribution is 2.35. The summed E-state index contributed by atoms with van der Waals surface area (Å²) in [5.74, 6) is 1.26. The molecule has 0 saturated heterocycles. The van der Waals surface area contributed by atoms with Crippen LogP contribution < -0.4 is 4.74 Å². The maximum absolute atomic E-state index is 13.1. The summed E-state index contributed by atoms with van der Waals surface area (Å²) < 4.78 is 5.96. The minimum absolute atomic E-state index is 0.0860. The number of Topliss-reactive ketones (excluding diaryl/α,β-unsaturated/α-hetero) is 1. The Bertz CT molecular complexity index is 1140. The lowest BCUT2D eigenvalue weighted by Gasteiger charge is -2.25. The zero-order valence-corrected chi connectivity index (χ0v) is 15.3. The van der Waals surface area contributed by atoms with Crippen LogP contribution >= 0.6 is 0 Å². The number of carbonyl (C=O) groups excluding carboxylic acids is 1. The van der Waals surface area contributed by atoms with E-state index in [0.717, 1.165) is 33.9 Å². The zero-order chi connectivity index (χ0) is 19.1. The van der Waals surface area contributed by atoms with Crippen LogP contribution in [0.5, 0.6) is 5.75 Å². The van der Waals surface area contributed by atoms with E-state index >= 15 is 0 Å². The van der Waals surface area contributed by atoms with Crippen molar-refractivity contribution < 1.29 is 9.53 Å². The number of hydrogen-bond donors (Lipinski definition) is 2. The van der Waals surface area contributed by atoms with Gasteiger partial charge in [0.15, 0.2) is 5.78 Å². The van der Waals surface area contributed by atoms with Gasteiger partial charge in [-0.3, -0.25) is 4.79 Å². The highest BCUT2D eigenvalue weighted by Gasteiger charge is 2.30. The van der Waals surface area contributed by atoms with Crippen molar-refractivity contribution in [2.24, 2.45) is 0 Å². The number of aromatic nitrogens is 4. The Morgan fingerprint density at radius 3 is 2.57 bits per heavy atom. The second-order valence-electron chi connectivity index (χ2n) is 6.91. The van der Waals surface area contributed by atoms with Gasteiger partial charge in [0.25, 0.3) is 0 Å². The van der Waals surface area contributed by atoms with Crippen LogP contribution in [0.3, 0.4) is 0 Å². The predicted molar refractivity (Wildman–Crippen MR) is 105 cm³/mol. The number of aromatic amines is 2. The third-order valence-electron chi connectivity index (χ3n) is 5.11. The topological polar surface area (TPSA) is 83.7 Å². The zero-order valence-electron chi connectivity index (χ0n) is 15.3. The van der Waals surface area contributed by atoms with Gasteiger partial charge in [-0.25, -0.2) is 9.97 Å². The monoisotopic (exact) mass is 370 g/mol. The Morgan fingerprint density at radius 2 is 1.86 bits per heavy atom. The van der Waals surface area contributed by atoms with E-state index in [-0.39, 0.29) is 11.7 Å². The average Bonchev–Trinajstić information content (AvgIpc) is 3.40. The molecule has 0 amide bonds. The molecule has 6 heteroatoms. The summed E-state index contributed by atoms with van der Waals surface area (Å²) in [5.41, 5.74) is 5.42. The fourth-order valence-electron chi connectivity index (χ4n) is 3.57. The third-order valence-corrected chi connectivity index (χ3v) is 5.11. The largest absolute Gasteiger partial charge is 0.492 e. The molecule has 0 bridgehead atoms. The van der Waals surface area contributed by atoms with Crippen LogP contribution in [0.1, 0.15) is 27.7 Å². The Balaban J connectivity index is 1.42. The molecule has 1 aliphatic rings. The van der Waals surface area contributed by atoms with Crippen molar-refractivity contribution in [3.8, 4) is 28.3 Å². The minimum Gasteiger partial charge on any atom is -0.492 e. The van der Waals surface area contributed by atoms with E-state index in [0.29, 0.717) is 17.9 Å². The quantitative estimate of drug-likeness (QED) is 0.568. The normalized spacial score (nSPS) is 15.9. The fraction of sp³-hybridized carbons (Fsp3) is 0.136. The number of nitrogens with one attached hydrogen (secondary N) is 2. The number of nitrogens with zero attached hydrogens (tertiary/aromatic N) is 2. The number of H-pyrrole nitrogens is 2. The molecule has 0 saturated carbocycles. The van der Waals surface area contributed by atoms with E-state index in [1.807, 2.05) is 49.4 Å². The lowest BCUT2D eigenvalue weighted by molar-refractivity contribution is 0.0896. The van der Waals surface area contributed by atoms with E-state index in [1.165, 1.54) is 0 Å². The molecule has 2 N–H and O–H groups in total. The fourth-order valence-corrected chi connectivity index (χ4v) is 3.57. The molecule has 2 aromatic heterocycles. The molecule has 0 spiro atoms.